The highest BCUT2D eigenvalue weighted by Gasteiger charge is 2.16. The van der Waals surface area contributed by atoms with Crippen molar-refractivity contribution in [3.05, 3.63) is 71.5 Å². The van der Waals surface area contributed by atoms with Crippen molar-refractivity contribution in [2.24, 2.45) is 4.99 Å². The molecule has 2 heterocycles. The van der Waals surface area contributed by atoms with E-state index in [0.29, 0.717) is 23.5 Å². The summed E-state index contributed by atoms with van der Waals surface area (Å²) in [6.07, 6.45) is 4.70. The molecule has 31 heavy (non-hydrogen) atoms. The highest BCUT2D eigenvalue weighted by atomic mass is 19.1. The fourth-order valence-electron chi connectivity index (χ4n) is 3.33. The summed E-state index contributed by atoms with van der Waals surface area (Å²) in [7, 11) is 0. The minimum Gasteiger partial charge on any atom is -0.508 e. The second-order valence-electron chi connectivity index (χ2n) is 7.89. The van der Waals surface area contributed by atoms with Crippen LogP contribution in [-0.2, 0) is 0 Å². The molecule has 6 nitrogen and oxygen atoms in total. The van der Waals surface area contributed by atoms with Gasteiger partial charge in [0.1, 0.15) is 11.6 Å². The number of aromatic nitrogens is 3. The van der Waals surface area contributed by atoms with Crippen LogP contribution in [0.2, 0.25) is 0 Å². The Morgan fingerprint density at radius 2 is 2.00 bits per heavy atom. The minimum atomic E-state index is -0.343. The van der Waals surface area contributed by atoms with E-state index in [4.69, 9.17) is 4.98 Å². The van der Waals surface area contributed by atoms with E-state index in [0.717, 1.165) is 16.9 Å². The lowest BCUT2D eigenvalue weighted by Crippen LogP contribution is -2.13. The summed E-state index contributed by atoms with van der Waals surface area (Å²) in [4.78, 5) is 8.56. The maximum atomic E-state index is 13.7. The van der Waals surface area contributed by atoms with Gasteiger partial charge in [0.25, 0.3) is 0 Å². The van der Waals surface area contributed by atoms with Crippen LogP contribution >= 0.6 is 0 Å². The van der Waals surface area contributed by atoms with E-state index in [1.165, 1.54) is 19.2 Å². The summed E-state index contributed by atoms with van der Waals surface area (Å²) < 4.78 is 15.4. The average molecular weight is 422 g/mol. The van der Waals surface area contributed by atoms with Gasteiger partial charge >= 0.3 is 0 Å². The van der Waals surface area contributed by atoms with Crippen molar-refractivity contribution < 1.29 is 9.50 Å². The van der Waals surface area contributed by atoms with E-state index in [2.05, 4.69) is 42.9 Å². The van der Waals surface area contributed by atoms with Crippen molar-refractivity contribution in [3.63, 3.8) is 0 Å². The molecule has 0 aliphatic carbocycles. The van der Waals surface area contributed by atoms with Crippen molar-refractivity contribution in [1.29, 1.82) is 0 Å². The molecule has 0 saturated heterocycles. The van der Waals surface area contributed by atoms with Crippen LogP contribution in [0.1, 0.15) is 56.4 Å². The van der Waals surface area contributed by atoms with Crippen molar-refractivity contribution in [1.82, 2.24) is 14.6 Å². The summed E-state index contributed by atoms with van der Waals surface area (Å²) >= 11 is 0. The molecule has 2 aromatic heterocycles. The lowest BCUT2D eigenvalue weighted by molar-refractivity contribution is 0.475. The molecule has 0 amide bonds. The third-order valence-corrected chi connectivity index (χ3v) is 5.05. The summed E-state index contributed by atoms with van der Waals surface area (Å²) in [6.45, 7) is 11.8. The normalized spacial score (nSPS) is 13.6. The molecular formula is C24H28FN5O. The summed E-state index contributed by atoms with van der Waals surface area (Å²) in [5, 5.41) is 17.5. The molecule has 1 aromatic carbocycles. The van der Waals surface area contributed by atoms with Gasteiger partial charge in [-0.2, -0.15) is 9.61 Å². The Morgan fingerprint density at radius 1 is 1.29 bits per heavy atom. The number of halogens is 1. The number of hydrogen-bond donors (Lipinski definition) is 2. The fraction of sp³-hybridized carbons (Fsp3) is 0.292. The molecule has 2 N–H and O–H groups in total. The van der Waals surface area contributed by atoms with Gasteiger partial charge < -0.3 is 10.4 Å². The molecule has 0 bridgehead atoms. The predicted molar refractivity (Wildman–Crippen MR) is 124 cm³/mol. The number of nitrogens with zero attached hydrogens (tertiary/aromatic N) is 4. The van der Waals surface area contributed by atoms with Gasteiger partial charge in [-0.05, 0) is 49.2 Å². The number of allylic oxidation sites excluding steroid dienone is 3. The summed E-state index contributed by atoms with van der Waals surface area (Å²) in [5.74, 6) is 1.06. The van der Waals surface area contributed by atoms with Crippen LogP contribution < -0.4 is 5.32 Å². The van der Waals surface area contributed by atoms with Crippen LogP contribution in [0.5, 0.6) is 5.75 Å². The van der Waals surface area contributed by atoms with Crippen LogP contribution in [0.25, 0.3) is 11.2 Å². The van der Waals surface area contributed by atoms with E-state index in [1.807, 2.05) is 24.4 Å². The Balaban J connectivity index is 2.02. The zero-order valence-corrected chi connectivity index (χ0v) is 18.3. The molecular weight excluding hydrogens is 393 g/mol. The van der Waals surface area contributed by atoms with Crippen LogP contribution in [0.4, 0.5) is 10.2 Å². The number of rotatable bonds is 8. The first-order chi connectivity index (χ1) is 14.8. The number of aromatic hydroxyl groups is 1. The molecule has 0 aliphatic heterocycles. The number of fused-ring (bicyclic) bond motifs is 1. The first-order valence-electron chi connectivity index (χ1n) is 10.2. The lowest BCUT2D eigenvalue weighted by atomic mass is 10.0. The minimum absolute atomic E-state index is 0.185. The largest absolute Gasteiger partial charge is 0.508 e. The number of benzene rings is 1. The van der Waals surface area contributed by atoms with E-state index in [1.54, 1.807) is 16.6 Å². The Hall–Kier alpha value is -3.48. The molecule has 1 atom stereocenters. The molecule has 0 unspecified atom stereocenters. The Morgan fingerprint density at radius 3 is 2.61 bits per heavy atom. The smallest absolute Gasteiger partial charge is 0.161 e. The van der Waals surface area contributed by atoms with E-state index >= 15 is 0 Å². The number of phenolic OH excluding ortho intramolecular Hbond substituents is 1. The third kappa shape index (κ3) is 5.17. The average Bonchev–Trinajstić information content (AvgIpc) is 3.16. The van der Waals surface area contributed by atoms with Gasteiger partial charge in [-0.3, -0.25) is 4.99 Å². The Bertz CT molecular complexity index is 1120. The molecule has 0 spiro atoms. The van der Waals surface area contributed by atoms with Gasteiger partial charge in [0, 0.05) is 29.9 Å². The van der Waals surface area contributed by atoms with E-state index in [9.17, 15) is 9.50 Å². The van der Waals surface area contributed by atoms with Crippen LogP contribution in [0.3, 0.4) is 0 Å². The summed E-state index contributed by atoms with van der Waals surface area (Å²) in [6, 6.07) is 9.02. The third-order valence-electron chi connectivity index (χ3n) is 5.05. The quantitative estimate of drug-likeness (QED) is 0.362. The van der Waals surface area contributed by atoms with E-state index < -0.39 is 0 Å². The predicted octanol–water partition coefficient (Wildman–Crippen LogP) is 5.69. The zero-order valence-electron chi connectivity index (χ0n) is 18.3. The zero-order chi connectivity index (χ0) is 22.5. The van der Waals surface area contributed by atoms with Crippen LogP contribution in [-0.4, -0.2) is 33.0 Å². The van der Waals surface area contributed by atoms with Crippen molar-refractivity contribution in [2.45, 2.75) is 39.5 Å². The van der Waals surface area contributed by atoms with Crippen LogP contribution in [0.15, 0.2) is 59.6 Å². The molecule has 0 saturated carbocycles. The molecule has 3 aromatic rings. The Labute approximate surface area is 181 Å². The number of nitrogens with one attached hydrogen (secondary N) is 1. The number of hydrogen-bond acceptors (Lipinski definition) is 5. The van der Waals surface area contributed by atoms with Gasteiger partial charge in [0.15, 0.2) is 5.65 Å². The maximum Gasteiger partial charge on any atom is 0.161 e. The van der Waals surface area contributed by atoms with Gasteiger partial charge in [0.2, 0.25) is 0 Å². The number of anilines is 1. The first-order valence-corrected chi connectivity index (χ1v) is 10.2. The second-order valence-corrected chi connectivity index (χ2v) is 7.89. The maximum absolute atomic E-state index is 13.7. The molecule has 162 valence electrons. The topological polar surface area (TPSA) is 74.8 Å². The lowest BCUT2D eigenvalue weighted by Gasteiger charge is -2.16. The van der Waals surface area contributed by atoms with Gasteiger partial charge in [-0.15, -0.1) is 0 Å². The Kier molecular flexibility index (Phi) is 6.84. The van der Waals surface area contributed by atoms with Crippen molar-refractivity contribution >= 4 is 23.8 Å². The highest BCUT2D eigenvalue weighted by molar-refractivity contribution is 5.75. The summed E-state index contributed by atoms with van der Waals surface area (Å²) in [5.41, 5.74) is 3.93. The van der Waals surface area contributed by atoms with Crippen LogP contribution in [0, 0.1) is 0 Å². The highest BCUT2D eigenvalue weighted by Crippen LogP contribution is 2.27. The molecule has 7 heteroatoms. The van der Waals surface area contributed by atoms with Gasteiger partial charge in [-0.25, -0.2) is 9.37 Å². The monoisotopic (exact) mass is 421 g/mol. The number of aliphatic imine (C=N–C) groups is 1. The molecule has 0 fully saturated rings. The molecule has 0 aliphatic rings. The standard InChI is InChI=1S/C24H28FN5O/c1-15(2)21-14-28-30-23(27-12-16(3)18-6-8-20(31)9-7-18)11-22(29-24(21)30)19(13-26-5)10-17(4)25/h6-11,13-16,27,31H,5,12H2,1-4H3/b17-10+,19-13+/t16-/m1/s1. The van der Waals surface area contributed by atoms with E-state index in [-0.39, 0.29) is 23.4 Å². The fourth-order valence-corrected chi connectivity index (χ4v) is 3.33. The first kappa shape index (κ1) is 22.2. The molecule has 3 rings (SSSR count). The van der Waals surface area contributed by atoms with Gasteiger partial charge in [-0.1, -0.05) is 32.9 Å². The molecule has 0 radical (unpaired) electrons. The van der Waals surface area contributed by atoms with Crippen molar-refractivity contribution in [3.8, 4) is 5.75 Å². The van der Waals surface area contributed by atoms with Gasteiger partial charge in [0.05, 0.1) is 17.7 Å². The number of phenols is 1. The van der Waals surface area contributed by atoms with Crippen molar-refractivity contribution in [2.75, 3.05) is 11.9 Å². The SMILES string of the molecule is C=N/C=C(\C=C(/C)F)c1cc(NC[C@@H](C)c2ccc(O)cc2)n2ncc(C(C)C)c2n1. The second kappa shape index (κ2) is 9.55.